The number of carboxylic acid groups (broad SMARTS) is 1. The molecule has 4 aromatic rings. The van der Waals surface area contributed by atoms with E-state index in [1.807, 2.05) is 24.5 Å². The van der Waals surface area contributed by atoms with Crippen molar-refractivity contribution in [1.29, 1.82) is 0 Å². The van der Waals surface area contributed by atoms with Crippen LogP contribution in [-0.4, -0.2) is 57.3 Å². The molecule has 1 saturated heterocycles. The molecule has 2 atom stereocenters. The number of halogens is 2. The van der Waals surface area contributed by atoms with Crippen LogP contribution in [0.1, 0.15) is 37.4 Å². The number of fused-ring (bicyclic) bond motifs is 2. The first-order valence-corrected chi connectivity index (χ1v) is 10.9. The monoisotopic (exact) mass is 470 g/mol. The van der Waals surface area contributed by atoms with Crippen molar-refractivity contribution in [2.45, 2.75) is 37.7 Å². The Kier molecular flexibility index (Phi) is 5.37. The number of benzene rings is 1. The van der Waals surface area contributed by atoms with E-state index in [9.17, 15) is 18.7 Å². The van der Waals surface area contributed by atoms with Gasteiger partial charge in [-0.1, -0.05) is 13.8 Å². The molecule has 5 rings (SSSR count). The van der Waals surface area contributed by atoms with Crippen molar-refractivity contribution >= 4 is 28.0 Å². The molecule has 1 fully saturated rings. The van der Waals surface area contributed by atoms with Crippen LogP contribution in [0.3, 0.4) is 0 Å². The minimum atomic E-state index is -1.02. The molecule has 0 spiro atoms. The summed E-state index contributed by atoms with van der Waals surface area (Å²) in [7, 11) is 1.60. The summed E-state index contributed by atoms with van der Waals surface area (Å²) in [5, 5.41) is 17.2. The minimum Gasteiger partial charge on any atom is -0.479 e. The molecule has 8 nitrogen and oxygen atoms in total. The highest BCUT2D eigenvalue weighted by atomic mass is 19.2. The third-order valence-corrected chi connectivity index (χ3v) is 6.37. The highest BCUT2D eigenvalue weighted by Crippen LogP contribution is 2.44. The van der Waals surface area contributed by atoms with Crippen LogP contribution in [0.25, 0.3) is 27.8 Å². The lowest BCUT2D eigenvalue weighted by Gasteiger charge is -2.29. The number of pyridine rings is 1. The second-order valence-corrected chi connectivity index (χ2v) is 9.27. The van der Waals surface area contributed by atoms with Crippen molar-refractivity contribution in [1.82, 2.24) is 19.7 Å². The van der Waals surface area contributed by atoms with Crippen molar-refractivity contribution in [2.24, 2.45) is 0 Å². The molecule has 0 amide bonds. The summed E-state index contributed by atoms with van der Waals surface area (Å²) < 4.78 is 41.1. The van der Waals surface area contributed by atoms with Gasteiger partial charge in [-0.2, -0.15) is 5.10 Å². The van der Waals surface area contributed by atoms with E-state index in [4.69, 9.17) is 14.5 Å². The van der Waals surface area contributed by atoms with Gasteiger partial charge in [-0.3, -0.25) is 5.10 Å². The van der Waals surface area contributed by atoms with E-state index in [2.05, 4.69) is 10.2 Å². The second-order valence-electron chi connectivity index (χ2n) is 9.27. The van der Waals surface area contributed by atoms with E-state index in [0.29, 0.717) is 29.0 Å². The van der Waals surface area contributed by atoms with Crippen LogP contribution in [0, 0.1) is 11.6 Å². The molecule has 4 heterocycles. The molecule has 1 aliphatic heterocycles. The molecule has 3 aromatic heterocycles. The van der Waals surface area contributed by atoms with Gasteiger partial charge in [0.15, 0.2) is 23.4 Å². The first kappa shape index (κ1) is 22.4. The SMILES string of the molecule is COCC(C)(C)c1c([C@H]2CO[C@H](C(=O)O)C2)c2nc3[nH]ncc3cc2n1-c1ccc(F)c(F)c1. The smallest absolute Gasteiger partial charge is 0.332 e. The number of rotatable bonds is 6. The molecule has 0 unspecified atom stereocenters. The molecule has 1 aromatic carbocycles. The normalized spacial score (nSPS) is 18.9. The number of nitrogens with one attached hydrogen (secondary N) is 1. The van der Waals surface area contributed by atoms with Gasteiger partial charge in [0.1, 0.15) is 0 Å². The molecule has 1 aliphatic rings. The summed E-state index contributed by atoms with van der Waals surface area (Å²) in [4.78, 5) is 16.4. The molecule has 2 N–H and O–H groups in total. The minimum absolute atomic E-state index is 0.201. The van der Waals surface area contributed by atoms with E-state index in [0.717, 1.165) is 28.8 Å². The zero-order valence-electron chi connectivity index (χ0n) is 18.9. The molecule has 34 heavy (non-hydrogen) atoms. The van der Waals surface area contributed by atoms with Crippen LogP contribution in [-0.2, 0) is 19.7 Å². The summed E-state index contributed by atoms with van der Waals surface area (Å²) >= 11 is 0. The third-order valence-electron chi connectivity index (χ3n) is 6.37. The molecular formula is C24H24F2N4O4. The number of hydrogen-bond acceptors (Lipinski definition) is 5. The Morgan fingerprint density at radius 1 is 1.32 bits per heavy atom. The van der Waals surface area contributed by atoms with Crippen molar-refractivity contribution in [2.75, 3.05) is 20.3 Å². The fourth-order valence-electron chi connectivity index (χ4n) is 4.97. The standard InChI is InChI=1S/C24H24F2N4O4/c1-24(2,11-33-3)21-19(13-7-18(23(31)32)34-10-13)20-17(6-12-9-27-29-22(12)28-20)30(21)14-4-5-15(25)16(26)8-14/h4-6,8-9,13,18H,7,10-11H2,1-3H3,(H,31,32)(H,27,28,29)/t13-,18+/m1/s1. The fraction of sp³-hybridized carbons (Fsp3) is 0.375. The van der Waals surface area contributed by atoms with Crippen LogP contribution in [0.5, 0.6) is 0 Å². The van der Waals surface area contributed by atoms with Crippen LogP contribution in [0.2, 0.25) is 0 Å². The van der Waals surface area contributed by atoms with Gasteiger partial charge in [0, 0.05) is 46.8 Å². The van der Waals surface area contributed by atoms with E-state index < -0.39 is 29.1 Å². The van der Waals surface area contributed by atoms with E-state index in [1.165, 1.54) is 6.07 Å². The number of carboxylic acids is 1. The summed E-state index contributed by atoms with van der Waals surface area (Å²) in [6.07, 6.45) is 0.981. The van der Waals surface area contributed by atoms with Crippen LogP contribution >= 0.6 is 0 Å². The third kappa shape index (κ3) is 3.54. The topological polar surface area (TPSA) is 102 Å². The number of hydrogen-bond donors (Lipinski definition) is 2. The van der Waals surface area contributed by atoms with Crippen molar-refractivity contribution in [3.05, 3.63) is 53.4 Å². The summed E-state index contributed by atoms with van der Waals surface area (Å²) in [6.45, 7) is 4.51. The van der Waals surface area contributed by atoms with Crippen molar-refractivity contribution in [3.8, 4) is 5.69 Å². The Bertz CT molecular complexity index is 1410. The van der Waals surface area contributed by atoms with Gasteiger partial charge in [0.2, 0.25) is 0 Å². The van der Waals surface area contributed by atoms with Crippen molar-refractivity contribution < 1.29 is 28.2 Å². The van der Waals surface area contributed by atoms with Crippen molar-refractivity contribution in [3.63, 3.8) is 0 Å². The maximum atomic E-state index is 14.4. The lowest BCUT2D eigenvalue weighted by atomic mass is 9.82. The number of methoxy groups -OCH3 is 1. The lowest BCUT2D eigenvalue weighted by molar-refractivity contribution is -0.147. The molecule has 0 saturated carbocycles. The number of aromatic amines is 1. The van der Waals surface area contributed by atoms with Gasteiger partial charge in [-0.05, 0) is 24.6 Å². The van der Waals surface area contributed by atoms with Crippen LogP contribution in [0.15, 0.2) is 30.5 Å². The number of ether oxygens (including phenoxy) is 2. The molecule has 0 bridgehead atoms. The Balaban J connectivity index is 1.88. The van der Waals surface area contributed by atoms with Crippen LogP contribution in [0.4, 0.5) is 8.78 Å². The highest BCUT2D eigenvalue weighted by molar-refractivity contribution is 5.94. The van der Waals surface area contributed by atoms with Gasteiger partial charge in [0.25, 0.3) is 0 Å². The Hall–Kier alpha value is -3.37. The first-order chi connectivity index (χ1) is 16.2. The summed E-state index contributed by atoms with van der Waals surface area (Å²) in [6, 6.07) is 5.64. The van der Waals surface area contributed by atoms with Gasteiger partial charge in [-0.15, -0.1) is 0 Å². The van der Waals surface area contributed by atoms with E-state index in [-0.39, 0.29) is 18.9 Å². The molecule has 0 aliphatic carbocycles. The summed E-state index contributed by atoms with van der Waals surface area (Å²) in [5.74, 6) is -3.20. The Labute approximate surface area is 193 Å². The number of H-pyrrole nitrogens is 1. The lowest BCUT2D eigenvalue weighted by Crippen LogP contribution is -2.29. The Morgan fingerprint density at radius 3 is 2.79 bits per heavy atom. The number of aromatic nitrogens is 4. The average Bonchev–Trinajstić information content (AvgIpc) is 3.50. The number of carbonyl (C=O) groups is 1. The number of nitrogens with zero attached hydrogens (tertiary/aromatic N) is 3. The highest BCUT2D eigenvalue weighted by Gasteiger charge is 2.40. The molecule has 10 heteroatoms. The van der Waals surface area contributed by atoms with Gasteiger partial charge < -0.3 is 19.1 Å². The average molecular weight is 470 g/mol. The summed E-state index contributed by atoms with van der Waals surface area (Å²) in [5.41, 5.74) is 3.29. The molecule has 0 radical (unpaired) electrons. The first-order valence-electron chi connectivity index (χ1n) is 10.9. The van der Waals surface area contributed by atoms with Gasteiger partial charge in [0.05, 0.1) is 30.4 Å². The predicted octanol–water partition coefficient (Wildman–Crippen LogP) is 4.06. The largest absolute Gasteiger partial charge is 0.479 e. The van der Waals surface area contributed by atoms with E-state index in [1.54, 1.807) is 13.3 Å². The predicted molar refractivity (Wildman–Crippen MR) is 120 cm³/mol. The van der Waals surface area contributed by atoms with Crippen LogP contribution < -0.4 is 0 Å². The van der Waals surface area contributed by atoms with Gasteiger partial charge in [-0.25, -0.2) is 18.6 Å². The second kappa shape index (κ2) is 8.14. The van der Waals surface area contributed by atoms with E-state index >= 15 is 0 Å². The number of aliphatic carboxylic acids is 1. The quantitative estimate of drug-likeness (QED) is 0.441. The molecule has 178 valence electrons. The maximum absolute atomic E-state index is 14.4. The Morgan fingerprint density at radius 2 is 2.12 bits per heavy atom. The zero-order chi connectivity index (χ0) is 24.2. The van der Waals surface area contributed by atoms with Gasteiger partial charge >= 0.3 is 5.97 Å². The fourth-order valence-corrected chi connectivity index (χ4v) is 4.97. The molecular weight excluding hydrogens is 446 g/mol. The zero-order valence-corrected chi connectivity index (χ0v) is 18.9. The maximum Gasteiger partial charge on any atom is 0.332 e.